The second-order valence-corrected chi connectivity index (χ2v) is 11.0. The van der Waals surface area contributed by atoms with Gasteiger partial charge < -0.3 is 30.1 Å². The summed E-state index contributed by atoms with van der Waals surface area (Å²) < 4.78 is 10.7. The molecule has 2 atom stereocenters. The number of aliphatic carboxylic acids is 1. The fraction of sp³-hybridized carbons (Fsp3) is 0.214. The summed E-state index contributed by atoms with van der Waals surface area (Å²) in [4.78, 5) is 46.9. The Hall–Kier alpha value is -4.42. The predicted molar refractivity (Wildman–Crippen MR) is 149 cm³/mol. The van der Waals surface area contributed by atoms with Crippen molar-refractivity contribution in [3.8, 4) is 11.5 Å². The number of aromatic nitrogens is 1. The highest BCUT2D eigenvalue weighted by molar-refractivity contribution is 7.10. The number of nitrogens with one attached hydrogen (secondary N) is 2. The molecule has 3 aromatic heterocycles. The Morgan fingerprint density at radius 1 is 0.925 bits per heavy atom. The van der Waals surface area contributed by atoms with Gasteiger partial charge in [-0.05, 0) is 46.7 Å². The second-order valence-electron chi connectivity index (χ2n) is 8.95. The van der Waals surface area contributed by atoms with Crippen molar-refractivity contribution < 1.29 is 29.0 Å². The molecule has 5 rings (SSSR count). The molecule has 10 nitrogen and oxygen atoms in total. The van der Waals surface area contributed by atoms with Crippen molar-refractivity contribution in [2.45, 2.75) is 31.6 Å². The lowest BCUT2D eigenvalue weighted by Gasteiger charge is -2.28. The Labute approximate surface area is 238 Å². The maximum Gasteiger partial charge on any atom is 0.316 e. The molecule has 0 bridgehead atoms. The van der Waals surface area contributed by atoms with Crippen LogP contribution in [0.2, 0.25) is 0 Å². The summed E-state index contributed by atoms with van der Waals surface area (Å²) in [6.45, 7) is 0.805. The van der Waals surface area contributed by atoms with Crippen molar-refractivity contribution in [3.05, 3.63) is 98.6 Å². The van der Waals surface area contributed by atoms with Crippen molar-refractivity contribution in [2.24, 2.45) is 0 Å². The number of pyridine rings is 1. The van der Waals surface area contributed by atoms with Gasteiger partial charge in [0.25, 0.3) is 5.91 Å². The van der Waals surface area contributed by atoms with Gasteiger partial charge in [-0.2, -0.15) is 0 Å². The van der Waals surface area contributed by atoms with E-state index in [2.05, 4.69) is 15.6 Å². The molecule has 0 saturated carbocycles. The van der Waals surface area contributed by atoms with Crippen molar-refractivity contribution in [2.75, 3.05) is 6.79 Å². The molecule has 0 aliphatic carbocycles. The van der Waals surface area contributed by atoms with E-state index in [1.807, 2.05) is 35.0 Å². The number of hydrogen-bond donors (Lipinski definition) is 3. The average molecular weight is 579 g/mol. The molecular formula is C28H26N4O6S2. The number of benzene rings is 1. The van der Waals surface area contributed by atoms with Crippen LogP contribution in [0.25, 0.3) is 0 Å². The molecule has 12 heteroatoms. The monoisotopic (exact) mass is 578 g/mol. The van der Waals surface area contributed by atoms with Gasteiger partial charge in [0.1, 0.15) is 6.04 Å². The summed E-state index contributed by atoms with van der Waals surface area (Å²) >= 11 is 3.09. The lowest BCUT2D eigenvalue weighted by molar-refractivity contribution is -0.137. The number of hydrogen-bond acceptors (Lipinski definition) is 8. The zero-order valence-electron chi connectivity index (χ0n) is 21.2. The highest BCUT2D eigenvalue weighted by atomic mass is 32.1. The molecule has 4 aromatic rings. The molecule has 0 radical (unpaired) electrons. The second kappa shape index (κ2) is 12.6. The predicted octanol–water partition coefficient (Wildman–Crippen LogP) is 4.72. The average Bonchev–Trinajstić information content (AvgIpc) is 3.74. The van der Waals surface area contributed by atoms with E-state index in [1.165, 1.54) is 6.20 Å². The molecular weight excluding hydrogens is 552 g/mol. The summed E-state index contributed by atoms with van der Waals surface area (Å²) in [5, 5.41) is 18.9. The third-order valence-corrected chi connectivity index (χ3v) is 7.91. The van der Waals surface area contributed by atoms with E-state index in [0.717, 1.165) is 9.75 Å². The Bertz CT molecular complexity index is 1410. The fourth-order valence-corrected chi connectivity index (χ4v) is 5.74. The largest absolute Gasteiger partial charge is 0.481 e. The molecule has 1 aliphatic rings. The minimum atomic E-state index is -1.10. The first-order valence-electron chi connectivity index (χ1n) is 12.4. The number of carbonyl (C=O) groups excluding carboxylic acids is 2. The SMILES string of the molecule is O=C(O)C[C@H](NC(=O)N[C@H](C(=O)N(Cc1cccs1)Cc1cccs1)c1cccnc1)c1ccc2c(c1)OCO2. The van der Waals surface area contributed by atoms with Crippen molar-refractivity contribution in [1.82, 2.24) is 20.5 Å². The molecule has 40 heavy (non-hydrogen) atoms. The van der Waals surface area contributed by atoms with Crippen molar-refractivity contribution in [3.63, 3.8) is 0 Å². The molecule has 0 fully saturated rings. The van der Waals surface area contributed by atoms with E-state index >= 15 is 0 Å². The maximum absolute atomic E-state index is 14.0. The van der Waals surface area contributed by atoms with Crippen LogP contribution in [0.15, 0.2) is 77.8 Å². The van der Waals surface area contributed by atoms with Gasteiger partial charge >= 0.3 is 12.0 Å². The van der Waals surface area contributed by atoms with Gasteiger partial charge in [-0.1, -0.05) is 24.3 Å². The first kappa shape index (κ1) is 27.2. The number of carboxylic acids is 1. The molecule has 3 N–H and O–H groups in total. The summed E-state index contributed by atoms with van der Waals surface area (Å²) in [5.41, 5.74) is 1.03. The van der Waals surface area contributed by atoms with Crippen LogP contribution in [0.5, 0.6) is 11.5 Å². The summed E-state index contributed by atoms with van der Waals surface area (Å²) in [6, 6.07) is 13.5. The third kappa shape index (κ3) is 6.77. The van der Waals surface area contributed by atoms with Crippen LogP contribution in [0.4, 0.5) is 4.79 Å². The van der Waals surface area contributed by atoms with Crippen LogP contribution in [0.3, 0.4) is 0 Å². The first-order valence-corrected chi connectivity index (χ1v) is 14.1. The third-order valence-electron chi connectivity index (χ3n) is 6.19. The number of ether oxygens (including phenoxy) is 2. The van der Waals surface area contributed by atoms with E-state index in [-0.39, 0.29) is 19.1 Å². The van der Waals surface area contributed by atoms with Crippen LogP contribution in [0.1, 0.15) is 39.4 Å². The number of fused-ring (bicyclic) bond motifs is 1. The van der Waals surface area contributed by atoms with Crippen LogP contribution in [0, 0.1) is 0 Å². The molecule has 0 spiro atoms. The molecule has 0 unspecified atom stereocenters. The molecule has 1 aromatic carbocycles. The fourth-order valence-electron chi connectivity index (χ4n) is 4.30. The van der Waals surface area contributed by atoms with Gasteiger partial charge in [-0.25, -0.2) is 4.79 Å². The lowest BCUT2D eigenvalue weighted by atomic mass is 10.0. The standard InChI is InChI=1S/C28H26N4O6S2/c33-25(34)13-22(18-7-8-23-24(12-18)38-17-37-23)30-28(36)31-26(19-4-1-9-29-14-19)27(35)32(15-20-5-2-10-39-20)16-21-6-3-11-40-21/h1-12,14,22,26H,13,15-17H2,(H,33,34)(H2,30,31,36)/t22-,26-/m0/s1. The lowest BCUT2D eigenvalue weighted by Crippen LogP contribution is -2.46. The van der Waals surface area contributed by atoms with Gasteiger partial charge in [0.2, 0.25) is 6.79 Å². The van der Waals surface area contributed by atoms with Gasteiger partial charge in [-0.3, -0.25) is 14.6 Å². The van der Waals surface area contributed by atoms with Crippen LogP contribution in [-0.2, 0) is 22.7 Å². The molecule has 1 aliphatic heterocycles. The van der Waals surface area contributed by atoms with Crippen LogP contribution >= 0.6 is 22.7 Å². The Kier molecular flexibility index (Phi) is 8.57. The number of amides is 3. The van der Waals surface area contributed by atoms with E-state index in [1.54, 1.807) is 64.1 Å². The maximum atomic E-state index is 14.0. The Morgan fingerprint density at radius 2 is 1.65 bits per heavy atom. The highest BCUT2D eigenvalue weighted by Crippen LogP contribution is 2.35. The summed E-state index contributed by atoms with van der Waals surface area (Å²) in [6.07, 6.45) is 2.74. The first-order chi connectivity index (χ1) is 19.5. The topological polar surface area (TPSA) is 130 Å². The number of carbonyl (C=O) groups is 3. The number of rotatable bonds is 11. The van der Waals surface area contributed by atoms with Gasteiger partial charge in [-0.15, -0.1) is 22.7 Å². The zero-order valence-corrected chi connectivity index (χ0v) is 22.8. The van der Waals surface area contributed by atoms with Crippen LogP contribution < -0.4 is 20.1 Å². The van der Waals surface area contributed by atoms with Gasteiger partial charge in [0.15, 0.2) is 11.5 Å². The number of urea groups is 1. The minimum absolute atomic E-state index is 0.0681. The Morgan fingerprint density at radius 3 is 2.27 bits per heavy atom. The quantitative estimate of drug-likeness (QED) is 0.235. The summed E-state index contributed by atoms with van der Waals surface area (Å²) in [7, 11) is 0. The molecule has 4 heterocycles. The van der Waals surface area contributed by atoms with E-state index in [4.69, 9.17) is 9.47 Å². The highest BCUT2D eigenvalue weighted by Gasteiger charge is 2.30. The minimum Gasteiger partial charge on any atom is -0.481 e. The molecule has 0 saturated heterocycles. The number of thiophene rings is 2. The molecule has 206 valence electrons. The van der Waals surface area contributed by atoms with E-state index in [9.17, 15) is 19.5 Å². The van der Waals surface area contributed by atoms with Gasteiger partial charge in [0.05, 0.1) is 25.6 Å². The van der Waals surface area contributed by atoms with Crippen LogP contribution in [-0.4, -0.2) is 39.7 Å². The van der Waals surface area contributed by atoms with Crippen molar-refractivity contribution >= 4 is 40.6 Å². The smallest absolute Gasteiger partial charge is 0.316 e. The number of carboxylic acid groups (broad SMARTS) is 1. The van der Waals surface area contributed by atoms with Crippen molar-refractivity contribution in [1.29, 1.82) is 0 Å². The normalized spacial score (nSPS) is 13.3. The molecule has 3 amide bonds. The number of nitrogens with zero attached hydrogens (tertiary/aromatic N) is 2. The van der Waals surface area contributed by atoms with Gasteiger partial charge in [0, 0.05) is 27.7 Å². The van der Waals surface area contributed by atoms with E-state index < -0.39 is 24.1 Å². The van der Waals surface area contributed by atoms with E-state index in [0.29, 0.717) is 35.7 Å². The summed E-state index contributed by atoms with van der Waals surface area (Å²) in [5.74, 6) is -0.402. The zero-order chi connectivity index (χ0) is 27.9. The Balaban J connectivity index is 1.38.